The molecule has 4 aromatic rings. The predicted molar refractivity (Wildman–Crippen MR) is 138 cm³/mol. The molecule has 11 nitrogen and oxygen atoms in total. The Morgan fingerprint density at radius 1 is 1.05 bits per heavy atom. The molecule has 5 heterocycles. The normalized spacial score (nSPS) is 14.6. The molecule has 0 radical (unpaired) electrons. The van der Waals surface area contributed by atoms with Gasteiger partial charge in [-0.05, 0) is 48.2 Å². The molecule has 1 amide bonds. The molecular weight excluding hydrogens is 551 g/mol. The molecule has 6 bridgehead atoms. The number of ether oxygens (including phenoxy) is 1. The summed E-state index contributed by atoms with van der Waals surface area (Å²) in [5.41, 5.74) is 3.22. The number of aryl methyl sites for hydroxylation is 2. The van der Waals surface area contributed by atoms with E-state index in [2.05, 4.69) is 35.8 Å². The summed E-state index contributed by atoms with van der Waals surface area (Å²) in [5, 5.41) is 13.5. The van der Waals surface area contributed by atoms with Crippen molar-refractivity contribution in [3.63, 3.8) is 0 Å². The average molecular weight is 572 g/mol. The number of hydrogen-bond acceptors (Lipinski definition) is 9. The Balaban J connectivity index is 1.21. The fraction of sp³-hybridized carbons (Fsp3) is 0.280. The van der Waals surface area contributed by atoms with E-state index in [0.717, 1.165) is 21.4 Å². The predicted octanol–water partition coefficient (Wildman–Crippen LogP) is 4.14. The molecular formula is C25H21ClF3N9O2. The van der Waals surface area contributed by atoms with E-state index >= 15 is 0 Å². The van der Waals surface area contributed by atoms with Crippen LogP contribution in [0.1, 0.15) is 22.8 Å². The molecule has 0 aliphatic carbocycles. The van der Waals surface area contributed by atoms with Gasteiger partial charge in [0, 0.05) is 25.0 Å². The van der Waals surface area contributed by atoms with Gasteiger partial charge in [0.25, 0.3) is 5.91 Å². The molecule has 2 aliphatic heterocycles. The number of nitrogens with one attached hydrogen (secondary N) is 2. The van der Waals surface area contributed by atoms with E-state index in [4.69, 9.17) is 16.3 Å². The monoisotopic (exact) mass is 571 g/mol. The van der Waals surface area contributed by atoms with Gasteiger partial charge in [-0.3, -0.25) is 9.78 Å². The van der Waals surface area contributed by atoms with Gasteiger partial charge in [-0.1, -0.05) is 11.6 Å². The lowest BCUT2D eigenvalue weighted by Crippen LogP contribution is -2.41. The van der Waals surface area contributed by atoms with E-state index in [1.54, 1.807) is 24.5 Å². The highest BCUT2D eigenvalue weighted by atomic mass is 35.5. The van der Waals surface area contributed by atoms with Crippen molar-refractivity contribution in [3.8, 4) is 5.75 Å². The van der Waals surface area contributed by atoms with Crippen molar-refractivity contribution in [1.29, 1.82) is 0 Å². The van der Waals surface area contributed by atoms with Gasteiger partial charge in [-0.2, -0.15) is 18.2 Å². The zero-order valence-corrected chi connectivity index (χ0v) is 21.5. The number of rotatable bonds is 3. The third-order valence-corrected chi connectivity index (χ3v) is 6.79. The van der Waals surface area contributed by atoms with Crippen LogP contribution in [0, 0.1) is 0 Å². The Morgan fingerprint density at radius 3 is 2.77 bits per heavy atom. The molecule has 206 valence electrons. The smallest absolute Gasteiger partial charge is 0.451 e. The zero-order valence-electron chi connectivity index (χ0n) is 20.7. The van der Waals surface area contributed by atoms with Gasteiger partial charge < -0.3 is 24.8 Å². The number of anilines is 4. The minimum Gasteiger partial charge on any atom is -0.483 e. The van der Waals surface area contributed by atoms with Crippen molar-refractivity contribution in [1.82, 2.24) is 34.6 Å². The molecule has 2 N–H and O–H groups in total. The first-order valence-electron chi connectivity index (χ1n) is 12.3. The van der Waals surface area contributed by atoms with Crippen molar-refractivity contribution in [2.24, 2.45) is 0 Å². The van der Waals surface area contributed by atoms with Gasteiger partial charge in [-0.25, -0.2) is 4.98 Å². The minimum atomic E-state index is -4.61. The number of halogens is 4. The van der Waals surface area contributed by atoms with Crippen molar-refractivity contribution in [2.75, 3.05) is 23.8 Å². The van der Waals surface area contributed by atoms with Crippen LogP contribution in [-0.2, 0) is 36.9 Å². The van der Waals surface area contributed by atoms with Gasteiger partial charge in [0.15, 0.2) is 18.2 Å². The summed E-state index contributed by atoms with van der Waals surface area (Å²) < 4.78 is 46.3. The number of benzene rings is 1. The summed E-state index contributed by atoms with van der Waals surface area (Å²) in [4.78, 5) is 27.3. The fourth-order valence-corrected chi connectivity index (χ4v) is 4.70. The van der Waals surface area contributed by atoms with Gasteiger partial charge >= 0.3 is 6.18 Å². The van der Waals surface area contributed by atoms with E-state index in [1.165, 1.54) is 11.1 Å². The molecule has 2 aliphatic rings. The average Bonchev–Trinajstić information content (AvgIpc) is 3.37. The van der Waals surface area contributed by atoms with Crippen LogP contribution in [0.4, 0.5) is 36.3 Å². The van der Waals surface area contributed by atoms with Crippen LogP contribution in [0.2, 0.25) is 5.02 Å². The summed E-state index contributed by atoms with van der Waals surface area (Å²) in [7, 11) is 0. The Labute approximate surface area is 230 Å². The molecule has 0 saturated carbocycles. The molecule has 0 saturated heterocycles. The quantitative estimate of drug-likeness (QED) is 0.373. The number of hydrogen-bond donors (Lipinski definition) is 2. The first-order chi connectivity index (χ1) is 19.2. The number of pyridine rings is 1. The standard InChI is InChI=1S/C25H21ClF3N9O2/c26-18-11-31-24-33-17-7-14(9-30-10-17)1-2-15-8-16(32-22(18)34-24)3-4-19(15)40-13-21(39)37-5-6-38-20(12-37)35-36-23(38)25(27,28)29/h3-4,7-11H,1-2,5-6,12-13H2,(H2,31,32,33,34). The van der Waals surface area contributed by atoms with E-state index in [9.17, 15) is 18.0 Å². The third-order valence-electron chi connectivity index (χ3n) is 6.51. The largest absolute Gasteiger partial charge is 0.483 e. The Bertz CT molecular complexity index is 1590. The number of nitrogens with zero attached hydrogens (tertiary/aromatic N) is 7. The summed E-state index contributed by atoms with van der Waals surface area (Å²) in [6.07, 6.45) is 1.54. The molecule has 6 rings (SSSR count). The van der Waals surface area contributed by atoms with Crippen molar-refractivity contribution >= 4 is 40.6 Å². The van der Waals surface area contributed by atoms with Crippen LogP contribution in [0.25, 0.3) is 0 Å². The Morgan fingerprint density at radius 2 is 1.93 bits per heavy atom. The van der Waals surface area contributed by atoms with Gasteiger partial charge in [0.1, 0.15) is 10.8 Å². The lowest BCUT2D eigenvalue weighted by molar-refractivity contribution is -0.148. The summed E-state index contributed by atoms with van der Waals surface area (Å²) in [6.45, 7) is -0.336. The minimum absolute atomic E-state index is 0.0518. The van der Waals surface area contributed by atoms with Crippen LogP contribution >= 0.6 is 11.6 Å². The first-order valence-corrected chi connectivity index (χ1v) is 12.6. The number of amides is 1. The van der Waals surface area contributed by atoms with Crippen LogP contribution in [0.3, 0.4) is 0 Å². The Hall–Kier alpha value is -4.46. The maximum absolute atomic E-state index is 13.1. The lowest BCUT2D eigenvalue weighted by Gasteiger charge is -2.28. The van der Waals surface area contributed by atoms with Gasteiger partial charge in [0.2, 0.25) is 11.8 Å². The van der Waals surface area contributed by atoms with Crippen LogP contribution in [-0.4, -0.2) is 53.7 Å². The number of carbonyl (C=O) groups excluding carboxylic acids is 1. The zero-order chi connectivity index (χ0) is 27.9. The molecule has 0 spiro atoms. The van der Waals surface area contributed by atoms with E-state index < -0.39 is 12.0 Å². The van der Waals surface area contributed by atoms with Crippen LogP contribution in [0.15, 0.2) is 42.9 Å². The van der Waals surface area contributed by atoms with Crippen molar-refractivity contribution in [3.05, 3.63) is 70.7 Å². The highest BCUT2D eigenvalue weighted by molar-refractivity contribution is 6.32. The highest BCUT2D eigenvalue weighted by Gasteiger charge is 2.40. The lowest BCUT2D eigenvalue weighted by atomic mass is 10.0. The van der Waals surface area contributed by atoms with Gasteiger partial charge in [0.05, 0.1) is 24.6 Å². The summed E-state index contributed by atoms with van der Waals surface area (Å²) >= 11 is 6.32. The molecule has 15 heteroatoms. The number of fused-ring (bicyclic) bond motifs is 7. The maximum atomic E-state index is 13.1. The molecule has 3 aromatic heterocycles. The molecule has 0 fully saturated rings. The molecule has 40 heavy (non-hydrogen) atoms. The fourth-order valence-electron chi connectivity index (χ4n) is 4.56. The second-order valence-corrected chi connectivity index (χ2v) is 9.64. The van der Waals surface area contributed by atoms with E-state index in [0.29, 0.717) is 41.1 Å². The van der Waals surface area contributed by atoms with Crippen molar-refractivity contribution < 1.29 is 22.7 Å². The second-order valence-electron chi connectivity index (χ2n) is 9.24. The molecule has 0 atom stereocenters. The number of aromatic nitrogens is 6. The van der Waals surface area contributed by atoms with E-state index in [1.807, 2.05) is 12.1 Å². The SMILES string of the molecule is O=C(COc1ccc2cc1CCc1cncc(c1)Nc1ncc(Cl)c(n1)N2)N1CCn2c(nnc2C(F)(F)F)C1. The molecule has 1 aromatic carbocycles. The van der Waals surface area contributed by atoms with E-state index in [-0.39, 0.29) is 38.0 Å². The molecule has 0 unspecified atom stereocenters. The second kappa shape index (κ2) is 10.3. The summed E-state index contributed by atoms with van der Waals surface area (Å²) in [6, 6.07) is 7.36. The maximum Gasteiger partial charge on any atom is 0.451 e. The topological polar surface area (TPSA) is 123 Å². The van der Waals surface area contributed by atoms with Crippen LogP contribution in [0.5, 0.6) is 5.75 Å². The number of carbonyl (C=O) groups is 1. The Kier molecular flexibility index (Phi) is 6.62. The third kappa shape index (κ3) is 5.34. The first kappa shape index (κ1) is 25.8. The summed E-state index contributed by atoms with van der Waals surface area (Å²) in [5.74, 6) is -0.0821. The van der Waals surface area contributed by atoms with Crippen LogP contribution < -0.4 is 15.4 Å². The number of alkyl halides is 3. The highest BCUT2D eigenvalue weighted by Crippen LogP contribution is 2.31. The van der Waals surface area contributed by atoms with Crippen molar-refractivity contribution in [2.45, 2.75) is 32.1 Å². The van der Waals surface area contributed by atoms with Gasteiger partial charge in [-0.15, -0.1) is 10.2 Å².